The number of halogens is 2. The molecule has 4 N–H and O–H groups in total. The molecule has 0 saturated carbocycles. The normalized spacial score (nSPS) is 14.2. The molecule has 2 nitrogen and oxygen atoms in total. The lowest BCUT2D eigenvalue weighted by Gasteiger charge is -2.20. The fourth-order valence-electron chi connectivity index (χ4n) is 1.78. The fraction of sp³-hybridized carbons (Fsp3) is 0.143. The maximum Gasteiger partial charge on any atom is 0.0491 e. The van der Waals surface area contributed by atoms with E-state index in [1.807, 2.05) is 24.3 Å². The highest BCUT2D eigenvalue weighted by molar-refractivity contribution is 14.1. The van der Waals surface area contributed by atoms with Gasteiger partial charge in [-0.25, -0.2) is 0 Å². The van der Waals surface area contributed by atoms with Crippen LogP contribution in [0.15, 0.2) is 48.5 Å². The van der Waals surface area contributed by atoms with Gasteiger partial charge >= 0.3 is 0 Å². The second-order valence-electron chi connectivity index (χ2n) is 4.15. The third-order valence-electron chi connectivity index (χ3n) is 2.90. The van der Waals surface area contributed by atoms with Crippen LogP contribution >= 0.6 is 45.2 Å². The zero-order valence-electron chi connectivity index (χ0n) is 9.68. The molecule has 0 aromatic heterocycles. The molecule has 18 heavy (non-hydrogen) atoms. The van der Waals surface area contributed by atoms with Gasteiger partial charge in [0.2, 0.25) is 0 Å². The smallest absolute Gasteiger partial charge is 0.0491 e. The van der Waals surface area contributed by atoms with Crippen molar-refractivity contribution in [2.24, 2.45) is 11.5 Å². The second kappa shape index (κ2) is 6.31. The minimum atomic E-state index is -0.179. The van der Waals surface area contributed by atoms with Gasteiger partial charge in [0.15, 0.2) is 0 Å². The number of nitrogens with two attached hydrogens (primary N) is 2. The van der Waals surface area contributed by atoms with Crippen molar-refractivity contribution in [3.63, 3.8) is 0 Å². The summed E-state index contributed by atoms with van der Waals surface area (Å²) in [6.45, 7) is 0. The minimum absolute atomic E-state index is 0.179. The van der Waals surface area contributed by atoms with Crippen LogP contribution in [0.25, 0.3) is 0 Å². The van der Waals surface area contributed by atoms with Gasteiger partial charge in [0.05, 0.1) is 0 Å². The van der Waals surface area contributed by atoms with E-state index >= 15 is 0 Å². The summed E-state index contributed by atoms with van der Waals surface area (Å²) in [5.74, 6) is 0. The quantitative estimate of drug-likeness (QED) is 0.683. The van der Waals surface area contributed by atoms with Crippen molar-refractivity contribution in [2.45, 2.75) is 12.1 Å². The van der Waals surface area contributed by atoms with Gasteiger partial charge < -0.3 is 11.5 Å². The average molecular weight is 464 g/mol. The first-order chi connectivity index (χ1) is 8.58. The second-order valence-corrected chi connectivity index (χ2v) is 6.65. The summed E-state index contributed by atoms with van der Waals surface area (Å²) in [4.78, 5) is 0. The predicted octanol–water partition coefficient (Wildman–Crippen LogP) is 3.60. The van der Waals surface area contributed by atoms with E-state index in [0.29, 0.717) is 0 Å². The third kappa shape index (κ3) is 3.43. The molecular formula is C14H14I2N2. The zero-order chi connectivity index (χ0) is 13.1. The molecule has 94 valence electrons. The lowest BCUT2D eigenvalue weighted by molar-refractivity contribution is 0.574. The van der Waals surface area contributed by atoms with Crippen molar-refractivity contribution in [3.05, 3.63) is 66.8 Å². The number of hydrogen-bond acceptors (Lipinski definition) is 2. The Morgan fingerprint density at radius 2 is 0.889 bits per heavy atom. The third-order valence-corrected chi connectivity index (χ3v) is 4.34. The first kappa shape index (κ1) is 14.2. The maximum absolute atomic E-state index is 6.23. The van der Waals surface area contributed by atoms with Crippen LogP contribution in [0, 0.1) is 7.14 Å². The van der Waals surface area contributed by atoms with Crippen molar-refractivity contribution in [2.75, 3.05) is 0 Å². The Bertz CT molecular complexity index is 459. The van der Waals surface area contributed by atoms with E-state index in [9.17, 15) is 0 Å². The summed E-state index contributed by atoms with van der Waals surface area (Å²) in [6, 6.07) is 16.0. The molecular weight excluding hydrogens is 450 g/mol. The van der Waals surface area contributed by atoms with Crippen molar-refractivity contribution in [1.29, 1.82) is 0 Å². The fourth-order valence-corrected chi connectivity index (χ4v) is 2.50. The standard InChI is InChI=1S/C14H14I2N2/c15-11-5-1-9(2-6-11)13(17)14(18)10-3-7-12(16)8-4-10/h1-8,13-14H,17-18H2. The van der Waals surface area contributed by atoms with E-state index in [0.717, 1.165) is 11.1 Å². The molecule has 0 heterocycles. The molecule has 2 unspecified atom stereocenters. The number of hydrogen-bond donors (Lipinski definition) is 2. The van der Waals surface area contributed by atoms with Gasteiger partial charge in [-0.2, -0.15) is 0 Å². The van der Waals surface area contributed by atoms with Gasteiger partial charge in [-0.05, 0) is 80.6 Å². The highest BCUT2D eigenvalue weighted by atomic mass is 127. The van der Waals surface area contributed by atoms with Crippen molar-refractivity contribution < 1.29 is 0 Å². The Morgan fingerprint density at radius 1 is 0.611 bits per heavy atom. The van der Waals surface area contributed by atoms with E-state index in [4.69, 9.17) is 11.5 Å². The zero-order valence-corrected chi connectivity index (χ0v) is 14.0. The molecule has 0 radical (unpaired) electrons. The van der Waals surface area contributed by atoms with Crippen LogP contribution in [-0.2, 0) is 0 Å². The Balaban J connectivity index is 2.20. The largest absolute Gasteiger partial charge is 0.322 e. The van der Waals surface area contributed by atoms with Crippen LogP contribution in [0.3, 0.4) is 0 Å². The molecule has 0 bridgehead atoms. The van der Waals surface area contributed by atoms with Crippen molar-refractivity contribution in [1.82, 2.24) is 0 Å². The summed E-state index contributed by atoms with van der Waals surface area (Å²) in [6.07, 6.45) is 0. The van der Waals surface area contributed by atoms with E-state index < -0.39 is 0 Å². The molecule has 0 aliphatic rings. The van der Waals surface area contributed by atoms with Crippen LogP contribution in [0.1, 0.15) is 23.2 Å². The molecule has 0 spiro atoms. The van der Waals surface area contributed by atoms with Gasteiger partial charge in [0.1, 0.15) is 0 Å². The molecule has 0 fully saturated rings. The lowest BCUT2D eigenvalue weighted by Crippen LogP contribution is -2.26. The van der Waals surface area contributed by atoms with Crippen molar-refractivity contribution in [3.8, 4) is 0 Å². The Morgan fingerprint density at radius 3 is 1.17 bits per heavy atom. The molecule has 0 saturated heterocycles. The van der Waals surface area contributed by atoms with Gasteiger partial charge in [-0.3, -0.25) is 0 Å². The molecule has 4 heteroatoms. The molecule has 2 aromatic rings. The molecule has 0 aliphatic carbocycles. The van der Waals surface area contributed by atoms with E-state index in [2.05, 4.69) is 69.4 Å². The van der Waals surface area contributed by atoms with Gasteiger partial charge in [-0.15, -0.1) is 0 Å². The van der Waals surface area contributed by atoms with Crippen LogP contribution in [0.4, 0.5) is 0 Å². The first-order valence-corrected chi connectivity index (χ1v) is 7.76. The number of rotatable bonds is 3. The predicted molar refractivity (Wildman–Crippen MR) is 92.2 cm³/mol. The number of benzene rings is 2. The van der Waals surface area contributed by atoms with Crippen LogP contribution in [0.5, 0.6) is 0 Å². The molecule has 2 aromatic carbocycles. The Kier molecular flexibility index (Phi) is 4.99. The van der Waals surface area contributed by atoms with Crippen LogP contribution < -0.4 is 11.5 Å². The minimum Gasteiger partial charge on any atom is -0.322 e. The Labute approximate surface area is 134 Å². The highest BCUT2D eigenvalue weighted by Crippen LogP contribution is 2.25. The first-order valence-electron chi connectivity index (χ1n) is 5.60. The summed E-state index contributed by atoms with van der Waals surface area (Å²) in [5, 5.41) is 0. The van der Waals surface area contributed by atoms with Crippen LogP contribution in [-0.4, -0.2) is 0 Å². The summed E-state index contributed by atoms with van der Waals surface area (Å²) >= 11 is 4.56. The monoisotopic (exact) mass is 464 g/mol. The molecule has 0 amide bonds. The lowest BCUT2D eigenvalue weighted by atomic mass is 9.95. The SMILES string of the molecule is NC(c1ccc(I)cc1)C(N)c1ccc(I)cc1. The van der Waals surface area contributed by atoms with Gasteiger partial charge in [-0.1, -0.05) is 24.3 Å². The van der Waals surface area contributed by atoms with Crippen LogP contribution in [0.2, 0.25) is 0 Å². The maximum atomic E-state index is 6.23. The van der Waals surface area contributed by atoms with E-state index in [-0.39, 0.29) is 12.1 Å². The van der Waals surface area contributed by atoms with E-state index in [1.165, 1.54) is 7.14 Å². The van der Waals surface area contributed by atoms with Gasteiger partial charge in [0, 0.05) is 19.2 Å². The average Bonchev–Trinajstić information content (AvgIpc) is 2.39. The highest BCUT2D eigenvalue weighted by Gasteiger charge is 2.17. The summed E-state index contributed by atoms with van der Waals surface area (Å²) < 4.78 is 2.40. The van der Waals surface area contributed by atoms with Crippen molar-refractivity contribution >= 4 is 45.2 Å². The summed E-state index contributed by atoms with van der Waals surface area (Å²) in [5.41, 5.74) is 14.6. The summed E-state index contributed by atoms with van der Waals surface area (Å²) in [7, 11) is 0. The molecule has 0 aliphatic heterocycles. The molecule has 2 rings (SSSR count). The topological polar surface area (TPSA) is 52.0 Å². The molecule has 2 atom stereocenters. The van der Waals surface area contributed by atoms with E-state index in [1.54, 1.807) is 0 Å². The van der Waals surface area contributed by atoms with Gasteiger partial charge in [0.25, 0.3) is 0 Å². The Hall–Kier alpha value is -0.180.